The maximum Gasteiger partial charge on any atom is 0.131 e. The number of halogens is 1. The summed E-state index contributed by atoms with van der Waals surface area (Å²) in [5.41, 5.74) is 2.32. The Kier molecular flexibility index (Phi) is 5.23. The van der Waals surface area contributed by atoms with Gasteiger partial charge in [-0.3, -0.25) is 0 Å². The summed E-state index contributed by atoms with van der Waals surface area (Å²) < 4.78 is 19.9. The number of hydrogen-bond acceptors (Lipinski definition) is 2. The van der Waals surface area contributed by atoms with E-state index in [2.05, 4.69) is 6.07 Å². The number of rotatable bonds is 5. The summed E-state index contributed by atoms with van der Waals surface area (Å²) in [5.74, 6) is 0.230. The summed E-state index contributed by atoms with van der Waals surface area (Å²) in [6, 6.07) is 25.6. The summed E-state index contributed by atoms with van der Waals surface area (Å²) in [6.45, 7) is 0.424. The van der Waals surface area contributed by atoms with Crippen LogP contribution in [0.1, 0.15) is 16.7 Å². The number of para-hydroxylation sites is 1. The summed E-state index contributed by atoms with van der Waals surface area (Å²) in [6.07, 6.45) is 1.65. The van der Waals surface area contributed by atoms with Gasteiger partial charge >= 0.3 is 0 Å². The minimum atomic E-state index is -0.419. The minimum Gasteiger partial charge on any atom is -0.488 e. The summed E-state index contributed by atoms with van der Waals surface area (Å²) in [7, 11) is 0. The Hall–Kier alpha value is -3.38. The minimum absolute atomic E-state index is 0.258. The van der Waals surface area contributed by atoms with Gasteiger partial charge in [0.25, 0.3) is 0 Å². The van der Waals surface area contributed by atoms with Gasteiger partial charge in [0.1, 0.15) is 18.2 Å². The van der Waals surface area contributed by atoms with E-state index in [0.29, 0.717) is 12.4 Å². The zero-order valence-electron chi connectivity index (χ0n) is 13.5. The molecule has 0 unspecified atom stereocenters. The van der Waals surface area contributed by atoms with Crippen LogP contribution in [0.4, 0.5) is 4.39 Å². The second-order valence-electron chi connectivity index (χ2n) is 5.46. The van der Waals surface area contributed by atoms with Gasteiger partial charge in [0.15, 0.2) is 0 Å². The highest BCUT2D eigenvalue weighted by Crippen LogP contribution is 2.26. The molecule has 0 heterocycles. The molecule has 0 bridgehead atoms. The zero-order chi connectivity index (χ0) is 17.5. The van der Waals surface area contributed by atoms with Gasteiger partial charge in [-0.25, -0.2) is 4.39 Å². The van der Waals surface area contributed by atoms with E-state index in [4.69, 9.17) is 4.74 Å². The fourth-order valence-corrected chi connectivity index (χ4v) is 2.47. The smallest absolute Gasteiger partial charge is 0.131 e. The lowest BCUT2D eigenvalue weighted by atomic mass is 10.0. The Balaban J connectivity index is 1.90. The van der Waals surface area contributed by atoms with Crippen LogP contribution < -0.4 is 4.74 Å². The van der Waals surface area contributed by atoms with Gasteiger partial charge in [-0.1, -0.05) is 66.7 Å². The van der Waals surface area contributed by atoms with Crippen LogP contribution in [0.25, 0.3) is 11.6 Å². The first kappa shape index (κ1) is 16.5. The molecule has 3 heteroatoms. The third kappa shape index (κ3) is 4.13. The standard InChI is InChI=1S/C22H16FNO/c23-21-12-6-5-11-20(21)19(15-24)14-18-10-4-7-13-22(18)25-16-17-8-2-1-3-9-17/h1-14H,16H2/b19-14+. The van der Waals surface area contributed by atoms with Crippen molar-refractivity contribution in [3.63, 3.8) is 0 Å². The second-order valence-corrected chi connectivity index (χ2v) is 5.46. The van der Waals surface area contributed by atoms with Crippen LogP contribution in [0.3, 0.4) is 0 Å². The van der Waals surface area contributed by atoms with Gasteiger partial charge in [-0.05, 0) is 23.8 Å². The lowest BCUT2D eigenvalue weighted by Crippen LogP contribution is -1.97. The molecule has 0 saturated heterocycles. The summed E-state index contributed by atoms with van der Waals surface area (Å²) in [4.78, 5) is 0. The molecule has 0 saturated carbocycles. The molecule has 3 aromatic rings. The number of allylic oxidation sites excluding steroid dienone is 1. The number of benzene rings is 3. The molecule has 0 N–H and O–H groups in total. The lowest BCUT2D eigenvalue weighted by Gasteiger charge is -2.10. The van der Waals surface area contributed by atoms with Crippen LogP contribution >= 0.6 is 0 Å². The Bertz CT molecular complexity index is 926. The molecule has 122 valence electrons. The van der Waals surface area contributed by atoms with Crippen molar-refractivity contribution in [1.29, 1.82) is 5.26 Å². The van der Waals surface area contributed by atoms with Crippen molar-refractivity contribution in [3.05, 3.63) is 101 Å². The molecule has 0 aliphatic rings. The highest BCUT2D eigenvalue weighted by molar-refractivity contribution is 5.90. The molecule has 2 nitrogen and oxygen atoms in total. The van der Waals surface area contributed by atoms with Crippen molar-refractivity contribution in [1.82, 2.24) is 0 Å². The third-order valence-electron chi connectivity index (χ3n) is 3.74. The van der Waals surface area contributed by atoms with Gasteiger partial charge in [-0.2, -0.15) is 5.26 Å². The third-order valence-corrected chi connectivity index (χ3v) is 3.74. The van der Waals surface area contributed by atoms with E-state index in [-0.39, 0.29) is 11.1 Å². The molecular weight excluding hydrogens is 313 g/mol. The normalized spacial score (nSPS) is 11.0. The first-order chi connectivity index (χ1) is 12.3. The van der Waals surface area contributed by atoms with Crippen LogP contribution in [-0.4, -0.2) is 0 Å². The molecule has 0 atom stereocenters. The Morgan fingerprint density at radius 1 is 0.920 bits per heavy atom. The fraction of sp³-hybridized carbons (Fsp3) is 0.0455. The average Bonchev–Trinajstić information content (AvgIpc) is 2.67. The number of nitriles is 1. The van der Waals surface area contributed by atoms with Crippen LogP contribution in [0.2, 0.25) is 0 Å². The van der Waals surface area contributed by atoms with Crippen molar-refractivity contribution in [2.24, 2.45) is 0 Å². The average molecular weight is 329 g/mol. The van der Waals surface area contributed by atoms with E-state index in [1.165, 1.54) is 6.07 Å². The quantitative estimate of drug-likeness (QED) is 0.459. The zero-order valence-corrected chi connectivity index (χ0v) is 13.5. The molecule has 0 aromatic heterocycles. The highest BCUT2D eigenvalue weighted by Gasteiger charge is 2.09. The lowest BCUT2D eigenvalue weighted by molar-refractivity contribution is 0.305. The van der Waals surface area contributed by atoms with Gasteiger partial charge in [0.2, 0.25) is 0 Å². The van der Waals surface area contributed by atoms with E-state index >= 15 is 0 Å². The first-order valence-corrected chi connectivity index (χ1v) is 7.90. The summed E-state index contributed by atoms with van der Waals surface area (Å²) >= 11 is 0. The van der Waals surface area contributed by atoms with E-state index in [1.807, 2.05) is 54.6 Å². The molecule has 25 heavy (non-hydrogen) atoms. The van der Waals surface area contributed by atoms with Crippen molar-refractivity contribution in [3.8, 4) is 11.8 Å². The van der Waals surface area contributed by atoms with E-state index < -0.39 is 5.82 Å². The molecule has 3 aromatic carbocycles. The van der Waals surface area contributed by atoms with Crippen LogP contribution in [0.5, 0.6) is 5.75 Å². The second kappa shape index (κ2) is 7.94. The molecule has 0 aliphatic carbocycles. The van der Waals surface area contributed by atoms with Gasteiger partial charge in [-0.15, -0.1) is 0 Å². The maximum absolute atomic E-state index is 14.0. The molecule has 0 fully saturated rings. The van der Waals surface area contributed by atoms with Gasteiger partial charge in [0, 0.05) is 11.1 Å². The summed E-state index contributed by atoms with van der Waals surface area (Å²) in [5, 5.41) is 9.44. The molecule has 0 amide bonds. The highest BCUT2D eigenvalue weighted by atomic mass is 19.1. The van der Waals surface area contributed by atoms with Crippen LogP contribution in [0.15, 0.2) is 78.9 Å². The number of ether oxygens (including phenoxy) is 1. The van der Waals surface area contributed by atoms with Crippen molar-refractivity contribution in [2.75, 3.05) is 0 Å². The van der Waals surface area contributed by atoms with Crippen LogP contribution in [0, 0.1) is 17.1 Å². The topological polar surface area (TPSA) is 33.0 Å². The van der Waals surface area contributed by atoms with Crippen molar-refractivity contribution < 1.29 is 9.13 Å². The predicted molar refractivity (Wildman–Crippen MR) is 97.1 cm³/mol. The first-order valence-electron chi connectivity index (χ1n) is 7.90. The number of hydrogen-bond donors (Lipinski definition) is 0. The largest absolute Gasteiger partial charge is 0.488 e. The van der Waals surface area contributed by atoms with Gasteiger partial charge in [0.05, 0.1) is 11.6 Å². The SMILES string of the molecule is N#C/C(=C\c1ccccc1OCc1ccccc1)c1ccccc1F. The molecular formula is C22H16FNO. The van der Waals surface area contributed by atoms with Crippen molar-refractivity contribution in [2.45, 2.75) is 6.61 Å². The molecule has 0 aliphatic heterocycles. The van der Waals surface area contributed by atoms with Gasteiger partial charge < -0.3 is 4.74 Å². The van der Waals surface area contributed by atoms with Crippen LogP contribution in [-0.2, 0) is 6.61 Å². The molecule has 0 spiro atoms. The molecule has 0 radical (unpaired) electrons. The van der Waals surface area contributed by atoms with E-state index in [9.17, 15) is 9.65 Å². The maximum atomic E-state index is 14.0. The predicted octanol–water partition coefficient (Wildman–Crippen LogP) is 5.47. The fourth-order valence-electron chi connectivity index (χ4n) is 2.47. The Morgan fingerprint density at radius 3 is 2.36 bits per heavy atom. The Labute approximate surface area is 146 Å². The Morgan fingerprint density at radius 2 is 1.60 bits per heavy atom. The monoisotopic (exact) mass is 329 g/mol. The molecule has 3 rings (SSSR count). The van der Waals surface area contributed by atoms with Crippen molar-refractivity contribution >= 4 is 11.6 Å². The number of nitrogens with zero attached hydrogens (tertiary/aromatic N) is 1. The van der Waals surface area contributed by atoms with E-state index in [0.717, 1.165) is 11.1 Å². The van der Waals surface area contributed by atoms with E-state index in [1.54, 1.807) is 24.3 Å².